The Morgan fingerprint density at radius 3 is 2.50 bits per heavy atom. The number of pyridine rings is 2. The molecule has 0 bridgehead atoms. The maximum absolute atomic E-state index is 13.9. The fourth-order valence-corrected chi connectivity index (χ4v) is 4.56. The van der Waals surface area contributed by atoms with Gasteiger partial charge in [0, 0.05) is 44.1 Å². The van der Waals surface area contributed by atoms with E-state index in [0.717, 1.165) is 20.3 Å². The molecule has 0 radical (unpaired) electrons. The van der Waals surface area contributed by atoms with Gasteiger partial charge in [0.05, 0.1) is 16.4 Å². The highest BCUT2D eigenvalue weighted by Crippen LogP contribution is 2.35. The Balaban J connectivity index is 0.000000344. The zero-order valence-corrected chi connectivity index (χ0v) is 19.0. The van der Waals surface area contributed by atoms with E-state index in [0.29, 0.717) is 26.8 Å². The molecular weight excluding hydrogens is 544 g/mol. The number of H-pyrrole nitrogens is 2. The second-order valence-electron chi connectivity index (χ2n) is 6.79. The molecule has 0 unspecified atom stereocenters. The number of carboxylic acids is 1. The van der Waals surface area contributed by atoms with E-state index in [2.05, 4.69) is 30.9 Å². The van der Waals surface area contributed by atoms with Crippen LogP contribution in [0.2, 0.25) is 0 Å². The van der Waals surface area contributed by atoms with E-state index in [1.807, 2.05) is 6.07 Å². The van der Waals surface area contributed by atoms with Gasteiger partial charge in [-0.15, -0.1) is 0 Å². The molecule has 0 aliphatic heterocycles. The molecule has 7 nitrogen and oxygen atoms in total. The molecule has 3 heterocycles. The lowest BCUT2D eigenvalue weighted by molar-refractivity contribution is -0.192. The van der Waals surface area contributed by atoms with Gasteiger partial charge in [-0.25, -0.2) is 14.2 Å². The van der Waals surface area contributed by atoms with E-state index in [4.69, 9.17) is 14.9 Å². The fraction of sp³-hybridized carbons (Fsp3) is 0.0476. The smallest absolute Gasteiger partial charge is 0.475 e. The number of alkyl halides is 3. The highest BCUT2D eigenvalue weighted by Gasteiger charge is 2.38. The number of hydrogen-bond acceptors (Lipinski definition) is 5. The van der Waals surface area contributed by atoms with Crippen molar-refractivity contribution in [1.82, 2.24) is 19.9 Å². The van der Waals surface area contributed by atoms with E-state index in [1.165, 1.54) is 23.9 Å². The molecule has 0 amide bonds. The summed E-state index contributed by atoms with van der Waals surface area (Å²) >= 11 is 4.84. The molecule has 0 spiro atoms. The number of hydrogen-bond donors (Lipinski definition) is 3. The number of carboxylic acid groups (broad SMARTS) is 1. The van der Waals surface area contributed by atoms with Crippen LogP contribution in [-0.4, -0.2) is 37.2 Å². The van der Waals surface area contributed by atoms with Gasteiger partial charge in [-0.2, -0.15) is 13.2 Å². The minimum Gasteiger partial charge on any atom is -0.475 e. The molecule has 3 N–H and O–H groups in total. The average Bonchev–Trinajstić information content (AvgIpc) is 3.17. The predicted octanol–water partition coefficient (Wildman–Crippen LogP) is 5.64. The minimum absolute atomic E-state index is 0.259. The highest BCUT2D eigenvalue weighted by molar-refractivity contribution is 9.10. The number of halogens is 5. The molecular formula is C21H11BrF4N4O3S. The molecule has 5 rings (SSSR count). The van der Waals surface area contributed by atoms with Crippen LogP contribution >= 0.6 is 27.7 Å². The number of rotatable bonds is 2. The van der Waals surface area contributed by atoms with Crippen molar-refractivity contribution in [3.8, 4) is 0 Å². The molecule has 13 heteroatoms. The molecule has 34 heavy (non-hydrogen) atoms. The number of carbonyl (C=O) groups is 1. The van der Waals surface area contributed by atoms with Gasteiger partial charge in [-0.1, -0.05) is 11.8 Å². The summed E-state index contributed by atoms with van der Waals surface area (Å²) in [6.07, 6.45) is -0.0371. The summed E-state index contributed by atoms with van der Waals surface area (Å²) in [4.78, 5) is 37.1. The van der Waals surface area contributed by atoms with Crippen molar-refractivity contribution in [2.45, 2.75) is 16.2 Å². The van der Waals surface area contributed by atoms with E-state index in [9.17, 15) is 22.4 Å². The first-order chi connectivity index (χ1) is 16.0. The SMILES string of the molecule is O=C(O)C(F)(F)F.O=c1[nH]ccc2c3[nH]c(Sc4cncc(Br)c4)nc3c3ccc(F)cc3c12. The maximum Gasteiger partial charge on any atom is 0.490 e. The Morgan fingerprint density at radius 1 is 1.09 bits per heavy atom. The number of aromatic amines is 2. The second-order valence-corrected chi connectivity index (χ2v) is 8.77. The van der Waals surface area contributed by atoms with Crippen molar-refractivity contribution in [1.29, 1.82) is 0 Å². The molecule has 0 saturated carbocycles. The van der Waals surface area contributed by atoms with Gasteiger partial charge in [0.1, 0.15) is 5.82 Å². The van der Waals surface area contributed by atoms with Crippen LogP contribution in [0.1, 0.15) is 0 Å². The van der Waals surface area contributed by atoms with Crippen LogP contribution in [0.4, 0.5) is 17.6 Å². The maximum atomic E-state index is 13.9. The predicted molar refractivity (Wildman–Crippen MR) is 121 cm³/mol. The first-order valence-corrected chi connectivity index (χ1v) is 10.9. The number of nitrogens with one attached hydrogen (secondary N) is 2. The summed E-state index contributed by atoms with van der Waals surface area (Å²) in [5, 5.41) is 10.2. The summed E-state index contributed by atoms with van der Waals surface area (Å²) in [5.74, 6) is -3.15. The summed E-state index contributed by atoms with van der Waals surface area (Å²) in [7, 11) is 0. The van der Waals surface area contributed by atoms with Crippen molar-refractivity contribution in [2.75, 3.05) is 0 Å². The van der Waals surface area contributed by atoms with E-state index in [1.54, 1.807) is 30.7 Å². The van der Waals surface area contributed by atoms with Crippen LogP contribution in [0.15, 0.2) is 68.2 Å². The van der Waals surface area contributed by atoms with Crippen LogP contribution in [0.25, 0.3) is 32.6 Å². The van der Waals surface area contributed by atoms with Crippen LogP contribution in [0.5, 0.6) is 0 Å². The first kappa shape index (κ1) is 23.7. The van der Waals surface area contributed by atoms with Crippen molar-refractivity contribution in [2.24, 2.45) is 0 Å². The van der Waals surface area contributed by atoms with Crippen molar-refractivity contribution in [3.05, 3.63) is 69.6 Å². The molecule has 3 aromatic heterocycles. The van der Waals surface area contributed by atoms with Gasteiger partial charge < -0.3 is 15.1 Å². The summed E-state index contributed by atoms with van der Waals surface area (Å²) < 4.78 is 46.5. The standard InChI is InChI=1S/C19H10BrFN4OS.C2HF3O2/c20-9-5-11(8-22-7-9)27-19-24-16-12-2-1-10(21)6-14(12)15-13(17(16)25-19)3-4-23-18(15)26;3-2(4,5)1(6)7/h1-8H,(H,23,26)(H,24,25);(H,6,7). The first-order valence-electron chi connectivity index (χ1n) is 9.25. The topological polar surface area (TPSA) is 112 Å². The lowest BCUT2D eigenvalue weighted by atomic mass is 10.0. The van der Waals surface area contributed by atoms with Crippen molar-refractivity contribution in [3.63, 3.8) is 0 Å². The minimum atomic E-state index is -5.08. The average molecular weight is 555 g/mol. The lowest BCUT2D eigenvalue weighted by Gasteiger charge is -2.05. The van der Waals surface area contributed by atoms with Crippen molar-refractivity contribution >= 4 is 66.2 Å². The number of imidazole rings is 1. The fourth-order valence-electron chi connectivity index (χ4n) is 3.23. The third kappa shape index (κ3) is 4.75. The number of aliphatic carboxylic acids is 1. The molecule has 0 aliphatic carbocycles. The molecule has 0 atom stereocenters. The van der Waals surface area contributed by atoms with Gasteiger partial charge >= 0.3 is 12.1 Å². The quantitative estimate of drug-likeness (QED) is 0.192. The van der Waals surface area contributed by atoms with Gasteiger partial charge in [-0.05, 0) is 46.3 Å². The Bertz CT molecular complexity index is 1620. The van der Waals surface area contributed by atoms with Gasteiger partial charge in [0.15, 0.2) is 5.16 Å². The third-order valence-electron chi connectivity index (χ3n) is 4.56. The third-order valence-corrected chi connectivity index (χ3v) is 5.83. The Morgan fingerprint density at radius 2 is 1.82 bits per heavy atom. The number of nitrogens with zero attached hydrogens (tertiary/aromatic N) is 2. The Labute approximate surface area is 199 Å². The monoisotopic (exact) mass is 554 g/mol. The molecule has 0 fully saturated rings. The second kappa shape index (κ2) is 9.06. The largest absolute Gasteiger partial charge is 0.490 e. The number of fused-ring (bicyclic) bond motifs is 6. The lowest BCUT2D eigenvalue weighted by Crippen LogP contribution is -2.21. The van der Waals surface area contributed by atoms with Gasteiger partial charge in [0.2, 0.25) is 0 Å². The number of aromatic nitrogens is 4. The molecule has 174 valence electrons. The van der Waals surface area contributed by atoms with E-state index in [-0.39, 0.29) is 5.56 Å². The molecule has 0 saturated heterocycles. The highest BCUT2D eigenvalue weighted by atomic mass is 79.9. The summed E-state index contributed by atoms with van der Waals surface area (Å²) in [6, 6.07) is 8.17. The van der Waals surface area contributed by atoms with E-state index < -0.39 is 18.0 Å². The molecule has 2 aromatic carbocycles. The van der Waals surface area contributed by atoms with Crippen molar-refractivity contribution < 1.29 is 27.5 Å². The van der Waals surface area contributed by atoms with E-state index >= 15 is 0 Å². The summed E-state index contributed by atoms with van der Waals surface area (Å²) in [5.41, 5.74) is 1.19. The summed E-state index contributed by atoms with van der Waals surface area (Å²) in [6.45, 7) is 0. The number of benzene rings is 2. The van der Waals surface area contributed by atoms with Crippen LogP contribution in [0, 0.1) is 5.82 Å². The normalized spacial score (nSPS) is 11.6. The van der Waals surface area contributed by atoms with Crippen LogP contribution in [-0.2, 0) is 4.79 Å². The zero-order valence-electron chi connectivity index (χ0n) is 16.6. The Hall–Kier alpha value is -3.45. The zero-order chi connectivity index (χ0) is 24.6. The van der Waals surface area contributed by atoms with Crippen LogP contribution in [0.3, 0.4) is 0 Å². The van der Waals surface area contributed by atoms with Gasteiger partial charge in [0.25, 0.3) is 5.56 Å². The van der Waals surface area contributed by atoms with Gasteiger partial charge in [-0.3, -0.25) is 9.78 Å². The Kier molecular flexibility index (Phi) is 6.32. The molecule has 5 aromatic rings. The van der Waals surface area contributed by atoms with Crippen LogP contribution < -0.4 is 5.56 Å². The molecule has 0 aliphatic rings.